The molecule has 0 aliphatic carbocycles. The Morgan fingerprint density at radius 3 is 2.55 bits per heavy atom. The van der Waals surface area contributed by atoms with Crippen molar-refractivity contribution in [3.63, 3.8) is 0 Å². The molecule has 6 nitrogen and oxygen atoms in total. The van der Waals surface area contributed by atoms with Crippen molar-refractivity contribution in [2.24, 2.45) is 10.1 Å². The average Bonchev–Trinajstić information content (AvgIpc) is 3.21. The van der Waals surface area contributed by atoms with Gasteiger partial charge in [-0.25, -0.2) is 0 Å². The van der Waals surface area contributed by atoms with E-state index in [0.29, 0.717) is 27.0 Å². The molecule has 1 aromatic carbocycles. The number of alkyl halides is 3. The second-order valence-electron chi connectivity index (χ2n) is 6.68. The first-order valence-corrected chi connectivity index (χ1v) is 10.3. The number of fused-ring (bicyclic) bond motifs is 1. The maximum absolute atomic E-state index is 13.0. The second-order valence-corrected chi connectivity index (χ2v) is 8.48. The van der Waals surface area contributed by atoms with E-state index in [0.717, 1.165) is 10.7 Å². The lowest BCUT2D eigenvalue weighted by atomic mass is 10.1. The molecule has 2 aliphatic rings. The fraction of sp³-hybridized carbons (Fsp3) is 0.158. The number of benzene rings is 1. The van der Waals surface area contributed by atoms with E-state index in [4.69, 9.17) is 28.6 Å². The van der Waals surface area contributed by atoms with Gasteiger partial charge in [0.1, 0.15) is 0 Å². The van der Waals surface area contributed by atoms with Crippen LogP contribution in [0.1, 0.15) is 17.0 Å². The predicted octanol–water partition coefficient (Wildman–Crippen LogP) is 5.58. The first-order chi connectivity index (χ1) is 14.5. The van der Waals surface area contributed by atoms with Gasteiger partial charge in [0.25, 0.3) is 5.91 Å². The first kappa shape index (κ1) is 21.7. The zero-order valence-corrected chi connectivity index (χ0v) is 18.2. The minimum atomic E-state index is -4.69. The van der Waals surface area contributed by atoms with Crippen molar-refractivity contribution in [3.8, 4) is 5.69 Å². The molecule has 0 spiro atoms. The summed E-state index contributed by atoms with van der Waals surface area (Å²) in [5.41, 5.74) is 2.59. The Morgan fingerprint density at radius 2 is 1.90 bits per heavy atom. The summed E-state index contributed by atoms with van der Waals surface area (Å²) in [4.78, 5) is 16.1. The Labute approximate surface area is 188 Å². The average molecular weight is 486 g/mol. The molecule has 1 N–H and O–H groups in total. The highest BCUT2D eigenvalue weighted by atomic mass is 35.5. The number of rotatable bonds is 2. The summed E-state index contributed by atoms with van der Waals surface area (Å²) >= 11 is 12.5. The fourth-order valence-electron chi connectivity index (χ4n) is 3.23. The summed E-state index contributed by atoms with van der Waals surface area (Å²) in [6.45, 7) is 3.63. The summed E-state index contributed by atoms with van der Waals surface area (Å²) in [6, 6.07) is 6.82. The van der Waals surface area contributed by atoms with E-state index >= 15 is 0 Å². The molecule has 0 radical (unpaired) electrons. The topological polar surface area (TPSA) is 73.8 Å². The Balaban J connectivity index is 1.76. The summed E-state index contributed by atoms with van der Waals surface area (Å²) < 4.78 is 40.7. The van der Waals surface area contributed by atoms with Gasteiger partial charge in [0.2, 0.25) is 10.2 Å². The number of aliphatic imine (C=N–C) groups is 1. The highest BCUT2D eigenvalue weighted by Crippen LogP contribution is 2.36. The SMILES string of the molecule is Cc1cc(/C=C2/C(=N)N3N=C(C(F)(F)F)SC3=NC2=O)c(C)n1-c1ccc(Cl)cc1Cl. The maximum Gasteiger partial charge on any atom is 0.441 e. The van der Waals surface area contributed by atoms with Crippen LogP contribution in [0.25, 0.3) is 11.8 Å². The molecule has 0 saturated heterocycles. The van der Waals surface area contributed by atoms with E-state index in [1.165, 1.54) is 6.08 Å². The first-order valence-electron chi connectivity index (χ1n) is 8.69. The van der Waals surface area contributed by atoms with E-state index in [-0.39, 0.29) is 22.5 Å². The molecule has 0 fully saturated rings. The number of thioether (sulfide) groups is 1. The third-order valence-electron chi connectivity index (χ3n) is 4.62. The van der Waals surface area contributed by atoms with Gasteiger partial charge < -0.3 is 4.57 Å². The molecule has 1 aromatic heterocycles. The molecule has 2 aliphatic heterocycles. The summed E-state index contributed by atoms with van der Waals surface area (Å²) in [6.07, 6.45) is -3.28. The van der Waals surface area contributed by atoms with Crippen molar-refractivity contribution in [1.29, 1.82) is 5.41 Å². The lowest BCUT2D eigenvalue weighted by molar-refractivity contribution is -0.114. The molecule has 4 rings (SSSR count). The lowest BCUT2D eigenvalue weighted by Gasteiger charge is -2.20. The van der Waals surface area contributed by atoms with Crippen molar-refractivity contribution < 1.29 is 18.0 Å². The van der Waals surface area contributed by atoms with Gasteiger partial charge in [-0.3, -0.25) is 10.2 Å². The quantitative estimate of drug-likeness (QED) is 0.564. The minimum absolute atomic E-state index is 0.168. The molecule has 0 saturated carbocycles. The van der Waals surface area contributed by atoms with E-state index in [1.807, 2.05) is 11.5 Å². The van der Waals surface area contributed by atoms with Gasteiger partial charge in [-0.1, -0.05) is 23.2 Å². The van der Waals surface area contributed by atoms with Gasteiger partial charge in [-0.15, -0.1) is 0 Å². The van der Waals surface area contributed by atoms with Crippen molar-refractivity contribution in [2.75, 3.05) is 0 Å². The van der Waals surface area contributed by atoms with Gasteiger partial charge in [-0.2, -0.15) is 28.3 Å². The highest BCUT2D eigenvalue weighted by Gasteiger charge is 2.46. The van der Waals surface area contributed by atoms with Crippen LogP contribution >= 0.6 is 35.0 Å². The number of halogens is 5. The molecule has 12 heteroatoms. The highest BCUT2D eigenvalue weighted by molar-refractivity contribution is 8.27. The van der Waals surface area contributed by atoms with Crippen LogP contribution in [-0.4, -0.2) is 37.7 Å². The molecule has 31 heavy (non-hydrogen) atoms. The predicted molar refractivity (Wildman–Crippen MR) is 116 cm³/mol. The molecule has 0 bridgehead atoms. The van der Waals surface area contributed by atoms with Gasteiger partial charge >= 0.3 is 6.18 Å². The number of hydrogen-bond acceptors (Lipinski definition) is 4. The van der Waals surface area contributed by atoms with Crippen molar-refractivity contribution >= 4 is 63.0 Å². The Kier molecular flexibility index (Phi) is 5.27. The summed E-state index contributed by atoms with van der Waals surface area (Å²) in [5, 5.41) is 11.8. The molecule has 160 valence electrons. The largest absolute Gasteiger partial charge is 0.441 e. The Morgan fingerprint density at radius 1 is 1.19 bits per heavy atom. The smallest absolute Gasteiger partial charge is 0.316 e. The van der Waals surface area contributed by atoms with E-state index in [2.05, 4.69) is 10.1 Å². The van der Waals surface area contributed by atoms with Crippen LogP contribution in [0.15, 0.2) is 39.9 Å². The third-order valence-corrected chi connectivity index (χ3v) is 6.11. The number of aryl methyl sites for hydroxylation is 1. The molecule has 2 aromatic rings. The van der Waals surface area contributed by atoms with Gasteiger partial charge in [0.15, 0.2) is 5.84 Å². The van der Waals surface area contributed by atoms with Crippen LogP contribution in [0.3, 0.4) is 0 Å². The fourth-order valence-corrected chi connectivity index (χ4v) is 4.48. The van der Waals surface area contributed by atoms with Gasteiger partial charge in [0, 0.05) is 16.4 Å². The number of nitrogens with zero attached hydrogens (tertiary/aromatic N) is 4. The normalized spacial score (nSPS) is 17.9. The van der Waals surface area contributed by atoms with Crippen LogP contribution in [0.5, 0.6) is 0 Å². The number of carbonyl (C=O) groups excluding carboxylic acids is 1. The molecule has 3 heterocycles. The minimum Gasteiger partial charge on any atom is -0.316 e. The number of amides is 1. The molecular weight excluding hydrogens is 474 g/mol. The van der Waals surface area contributed by atoms with Gasteiger partial charge in [-0.05, 0) is 61.5 Å². The third kappa shape index (κ3) is 3.79. The lowest BCUT2D eigenvalue weighted by Crippen LogP contribution is -2.35. The Bertz CT molecular complexity index is 1250. The maximum atomic E-state index is 13.0. The van der Waals surface area contributed by atoms with E-state index < -0.39 is 23.0 Å². The van der Waals surface area contributed by atoms with Crippen LogP contribution < -0.4 is 0 Å². The van der Waals surface area contributed by atoms with E-state index in [9.17, 15) is 18.0 Å². The Hall–Kier alpha value is -2.56. The number of hydrazone groups is 1. The van der Waals surface area contributed by atoms with Crippen LogP contribution in [0, 0.1) is 19.3 Å². The summed E-state index contributed by atoms with van der Waals surface area (Å²) in [7, 11) is 0. The van der Waals surface area contributed by atoms with Gasteiger partial charge in [0.05, 0.1) is 16.3 Å². The number of nitrogens with one attached hydrogen (secondary N) is 1. The number of amidine groups is 2. The molecular formula is C19H12Cl2F3N5OS. The second kappa shape index (κ2) is 7.54. The van der Waals surface area contributed by atoms with Crippen LogP contribution in [0.2, 0.25) is 10.0 Å². The summed E-state index contributed by atoms with van der Waals surface area (Å²) in [5.74, 6) is -1.28. The van der Waals surface area contributed by atoms with E-state index in [1.54, 1.807) is 31.2 Å². The molecule has 0 atom stereocenters. The van der Waals surface area contributed by atoms with Crippen LogP contribution in [0.4, 0.5) is 13.2 Å². The molecule has 0 unspecified atom stereocenters. The van der Waals surface area contributed by atoms with Crippen molar-refractivity contribution in [3.05, 3.63) is 56.8 Å². The molecule has 1 amide bonds. The number of aromatic nitrogens is 1. The zero-order chi connectivity index (χ0) is 22.7. The number of carbonyl (C=O) groups is 1. The monoisotopic (exact) mass is 485 g/mol. The standard InChI is InChI=1S/C19H12Cl2F3N5OS/c1-8-5-10(9(2)28(8)14-4-3-11(20)7-13(14)21)6-12-15(25)29-18(26-16(12)30)31-17(27-29)19(22,23)24/h3-7,25H,1-2H3/b12-6-,25-15?. The van der Waals surface area contributed by atoms with Crippen molar-refractivity contribution in [1.82, 2.24) is 9.58 Å². The van der Waals surface area contributed by atoms with Crippen molar-refractivity contribution in [2.45, 2.75) is 20.0 Å². The zero-order valence-electron chi connectivity index (χ0n) is 15.9. The number of hydrogen-bond donors (Lipinski definition) is 1. The van der Waals surface area contributed by atoms with Crippen LogP contribution in [-0.2, 0) is 4.79 Å².